The number of anilines is 1. The van der Waals surface area contributed by atoms with Crippen LogP contribution in [-0.4, -0.2) is 39.6 Å². The van der Waals surface area contributed by atoms with Gasteiger partial charge in [0.1, 0.15) is 17.9 Å². The molecule has 1 saturated carbocycles. The van der Waals surface area contributed by atoms with Gasteiger partial charge in [-0.05, 0) is 35.6 Å². The zero-order valence-corrected chi connectivity index (χ0v) is 18.0. The lowest BCUT2D eigenvalue weighted by atomic mass is 9.70. The van der Waals surface area contributed by atoms with Gasteiger partial charge in [-0.25, -0.2) is 18.4 Å². The second-order valence-corrected chi connectivity index (χ2v) is 9.58. The Bertz CT molecular complexity index is 1270. The zero-order valence-electron chi connectivity index (χ0n) is 18.0. The van der Waals surface area contributed by atoms with Crippen molar-refractivity contribution in [3.05, 3.63) is 52.6 Å². The van der Waals surface area contributed by atoms with Crippen LogP contribution in [0.5, 0.6) is 0 Å². The van der Waals surface area contributed by atoms with Gasteiger partial charge in [-0.2, -0.15) is 5.10 Å². The molecule has 7 nitrogen and oxygen atoms in total. The number of halogens is 2. The highest BCUT2D eigenvalue weighted by Gasteiger charge is 2.77. The number of alkyl halides is 2. The SMILES string of the molecule is CC1(C)CN(c2ccc(=O)n(CC(=O)Cc3ccc4ocnc4c3)n2)CCC12CC2(F)F. The van der Waals surface area contributed by atoms with Gasteiger partial charge in [0, 0.05) is 37.4 Å². The monoisotopic (exact) mass is 442 g/mol. The van der Waals surface area contributed by atoms with Crippen LogP contribution in [-0.2, 0) is 17.8 Å². The van der Waals surface area contributed by atoms with Crippen LogP contribution in [0.25, 0.3) is 11.1 Å². The van der Waals surface area contributed by atoms with Crippen molar-refractivity contribution in [2.45, 2.75) is 45.6 Å². The summed E-state index contributed by atoms with van der Waals surface area (Å²) >= 11 is 0. The topological polar surface area (TPSA) is 81.2 Å². The van der Waals surface area contributed by atoms with Gasteiger partial charge in [-0.3, -0.25) is 9.59 Å². The fourth-order valence-corrected chi connectivity index (χ4v) is 5.09. The molecule has 1 atom stereocenters. The number of hydrogen-bond acceptors (Lipinski definition) is 6. The maximum atomic E-state index is 14.1. The lowest BCUT2D eigenvalue weighted by Crippen LogP contribution is -2.49. The van der Waals surface area contributed by atoms with Crippen LogP contribution >= 0.6 is 0 Å². The third-order valence-corrected chi connectivity index (χ3v) is 7.09. The minimum absolute atomic E-state index is 0.0671. The van der Waals surface area contributed by atoms with E-state index in [0.29, 0.717) is 36.4 Å². The van der Waals surface area contributed by atoms with Gasteiger partial charge in [-0.1, -0.05) is 19.9 Å². The van der Waals surface area contributed by atoms with Crippen LogP contribution in [0.1, 0.15) is 32.3 Å². The smallest absolute Gasteiger partial charge is 0.267 e. The molecule has 0 radical (unpaired) electrons. The van der Waals surface area contributed by atoms with E-state index in [1.807, 2.05) is 18.7 Å². The molecule has 32 heavy (non-hydrogen) atoms. The number of oxazole rings is 1. The first-order valence-electron chi connectivity index (χ1n) is 10.7. The van der Waals surface area contributed by atoms with Gasteiger partial charge >= 0.3 is 0 Å². The van der Waals surface area contributed by atoms with Crippen LogP contribution < -0.4 is 10.5 Å². The third kappa shape index (κ3) is 3.30. The number of carbonyl (C=O) groups excluding carboxylic acids is 1. The molecule has 3 aromatic rings. The van der Waals surface area contributed by atoms with E-state index in [0.717, 1.165) is 10.2 Å². The van der Waals surface area contributed by atoms with Gasteiger partial charge in [0.2, 0.25) is 0 Å². The molecule has 2 fully saturated rings. The molecule has 1 spiro atoms. The van der Waals surface area contributed by atoms with Gasteiger partial charge in [0.05, 0.1) is 0 Å². The highest BCUT2D eigenvalue weighted by molar-refractivity contribution is 5.82. The highest BCUT2D eigenvalue weighted by atomic mass is 19.3. The Hall–Kier alpha value is -3.10. The van der Waals surface area contributed by atoms with Crippen LogP contribution in [0.3, 0.4) is 0 Å². The van der Waals surface area contributed by atoms with E-state index in [1.54, 1.807) is 24.3 Å². The van der Waals surface area contributed by atoms with Crippen molar-refractivity contribution >= 4 is 22.7 Å². The van der Waals surface area contributed by atoms with E-state index in [1.165, 1.54) is 12.5 Å². The van der Waals surface area contributed by atoms with Crippen molar-refractivity contribution in [1.29, 1.82) is 0 Å². The Kier molecular flexibility index (Phi) is 4.51. The second kappa shape index (κ2) is 6.95. The lowest BCUT2D eigenvalue weighted by Gasteiger charge is -2.45. The molecule has 0 amide bonds. The zero-order chi connectivity index (χ0) is 22.7. The molecule has 1 aromatic carbocycles. The number of nitrogens with zero attached hydrogens (tertiary/aromatic N) is 4. The van der Waals surface area contributed by atoms with Crippen molar-refractivity contribution in [1.82, 2.24) is 14.8 Å². The molecular weight excluding hydrogens is 418 g/mol. The maximum Gasteiger partial charge on any atom is 0.267 e. The maximum absolute atomic E-state index is 14.1. The number of hydrogen-bond donors (Lipinski definition) is 0. The number of Topliss-reactive ketones (excluding diaryl/α,β-unsaturated/α-hetero) is 1. The van der Waals surface area contributed by atoms with Crippen LogP contribution in [0, 0.1) is 10.8 Å². The van der Waals surface area contributed by atoms with Gasteiger partial charge in [0.25, 0.3) is 11.5 Å². The number of rotatable bonds is 5. The molecule has 1 saturated heterocycles. The van der Waals surface area contributed by atoms with Crippen molar-refractivity contribution < 1.29 is 18.0 Å². The minimum Gasteiger partial charge on any atom is -0.443 e. The van der Waals surface area contributed by atoms with E-state index >= 15 is 0 Å². The molecule has 0 N–H and O–H groups in total. The van der Waals surface area contributed by atoms with Crippen molar-refractivity contribution in [2.75, 3.05) is 18.0 Å². The van der Waals surface area contributed by atoms with Crippen molar-refractivity contribution in [3.8, 4) is 0 Å². The Morgan fingerprint density at radius 3 is 2.72 bits per heavy atom. The van der Waals surface area contributed by atoms with Crippen LogP contribution in [0.4, 0.5) is 14.6 Å². The Morgan fingerprint density at radius 1 is 1.22 bits per heavy atom. The molecular formula is C23H24F2N4O3. The first kappa shape index (κ1) is 20.8. The molecule has 3 heterocycles. The number of benzene rings is 1. The summed E-state index contributed by atoms with van der Waals surface area (Å²) in [7, 11) is 0. The quantitative estimate of drug-likeness (QED) is 0.602. The minimum atomic E-state index is -2.61. The Balaban J connectivity index is 1.31. The fraction of sp³-hybridized carbons (Fsp3) is 0.478. The number of aromatic nitrogens is 3. The summed E-state index contributed by atoms with van der Waals surface area (Å²) in [5.41, 5.74) is 0.157. The van der Waals surface area contributed by atoms with E-state index < -0.39 is 16.8 Å². The van der Waals surface area contributed by atoms with E-state index in [2.05, 4.69) is 10.1 Å². The molecule has 2 aliphatic rings. The average Bonchev–Trinajstić information content (AvgIpc) is 3.06. The molecule has 168 valence electrons. The van der Waals surface area contributed by atoms with Crippen molar-refractivity contribution in [3.63, 3.8) is 0 Å². The van der Waals surface area contributed by atoms with Gasteiger partial charge in [-0.15, -0.1) is 0 Å². The highest BCUT2D eigenvalue weighted by Crippen LogP contribution is 2.72. The molecule has 1 unspecified atom stereocenters. The summed E-state index contributed by atoms with van der Waals surface area (Å²) < 4.78 is 34.5. The Labute approximate surface area is 183 Å². The predicted octanol–water partition coefficient (Wildman–Crippen LogP) is 3.46. The first-order chi connectivity index (χ1) is 15.1. The largest absolute Gasteiger partial charge is 0.443 e. The summed E-state index contributed by atoms with van der Waals surface area (Å²) in [4.78, 5) is 31.0. The number of fused-ring (bicyclic) bond motifs is 1. The molecule has 9 heteroatoms. The standard InChI is InChI=1S/C23H24F2N4O3/c1-21(2)13-28(8-7-22(21)12-23(22,24)25)19-5-6-20(31)29(27-19)11-16(30)9-15-3-4-18-17(10-15)26-14-32-18/h3-6,10,14H,7-9,11-13H2,1-2H3. The molecule has 1 aliphatic carbocycles. The molecule has 1 aliphatic heterocycles. The van der Waals surface area contributed by atoms with E-state index in [9.17, 15) is 18.4 Å². The number of piperidine rings is 1. The normalized spacial score (nSPS) is 23.6. The summed E-state index contributed by atoms with van der Waals surface area (Å²) in [5.74, 6) is -2.26. The third-order valence-electron chi connectivity index (χ3n) is 7.09. The first-order valence-corrected chi connectivity index (χ1v) is 10.7. The summed E-state index contributed by atoms with van der Waals surface area (Å²) in [6, 6.07) is 8.30. The predicted molar refractivity (Wildman–Crippen MR) is 114 cm³/mol. The van der Waals surface area contributed by atoms with Crippen molar-refractivity contribution in [2.24, 2.45) is 10.8 Å². The fourth-order valence-electron chi connectivity index (χ4n) is 5.09. The van der Waals surface area contributed by atoms with E-state index in [-0.39, 0.29) is 30.7 Å². The van der Waals surface area contributed by atoms with Crippen LogP contribution in [0.2, 0.25) is 0 Å². The molecule has 2 aromatic heterocycles. The van der Waals surface area contributed by atoms with Gasteiger partial charge in [0.15, 0.2) is 17.8 Å². The number of ketones is 1. The molecule has 5 rings (SSSR count). The lowest BCUT2D eigenvalue weighted by molar-refractivity contribution is -0.119. The Morgan fingerprint density at radius 2 is 2.00 bits per heavy atom. The van der Waals surface area contributed by atoms with Gasteiger partial charge < -0.3 is 9.32 Å². The average molecular weight is 442 g/mol. The second-order valence-electron chi connectivity index (χ2n) is 9.58. The van der Waals surface area contributed by atoms with E-state index in [4.69, 9.17) is 4.42 Å². The summed E-state index contributed by atoms with van der Waals surface area (Å²) in [5, 5.41) is 4.38. The number of carbonyl (C=O) groups is 1. The molecule has 0 bridgehead atoms. The summed E-state index contributed by atoms with van der Waals surface area (Å²) in [6.45, 7) is 4.43. The summed E-state index contributed by atoms with van der Waals surface area (Å²) in [6.07, 6.45) is 1.79. The van der Waals surface area contributed by atoms with Crippen LogP contribution in [0.15, 0.2) is 45.9 Å².